The van der Waals surface area contributed by atoms with Crippen LogP contribution in [0.5, 0.6) is 5.75 Å². The highest BCUT2D eigenvalue weighted by Crippen LogP contribution is 2.30. The van der Waals surface area contributed by atoms with Gasteiger partial charge in [-0.1, -0.05) is 18.2 Å². The van der Waals surface area contributed by atoms with Crippen LogP contribution in [0.4, 0.5) is 5.69 Å². The Balaban J connectivity index is 1.87. The first-order valence-corrected chi connectivity index (χ1v) is 10.9. The summed E-state index contributed by atoms with van der Waals surface area (Å²) in [5, 5.41) is 16.7. The van der Waals surface area contributed by atoms with Crippen LogP contribution >= 0.6 is 11.3 Å². The van der Waals surface area contributed by atoms with Crippen LogP contribution in [0.15, 0.2) is 51.3 Å². The molecule has 2 aromatic rings. The van der Waals surface area contributed by atoms with Gasteiger partial charge in [-0.05, 0) is 38.1 Å². The molecule has 0 saturated carbocycles. The van der Waals surface area contributed by atoms with Crippen molar-refractivity contribution in [2.24, 2.45) is 8.80 Å². The highest BCUT2D eigenvalue weighted by molar-refractivity contribution is 7.83. The minimum Gasteiger partial charge on any atom is -0.505 e. The van der Waals surface area contributed by atoms with Crippen molar-refractivity contribution in [2.45, 2.75) is 19.9 Å². The number of hydrogen-bond donors (Lipinski definition) is 3. The molecule has 2 heterocycles. The molecule has 3 rings (SSSR count). The van der Waals surface area contributed by atoms with E-state index in [0.717, 1.165) is 15.3 Å². The fourth-order valence-corrected chi connectivity index (χ4v) is 4.45. The van der Waals surface area contributed by atoms with E-state index in [9.17, 15) is 14.1 Å². The number of phenols is 1. The molecule has 8 nitrogen and oxygen atoms in total. The van der Waals surface area contributed by atoms with E-state index in [1.165, 1.54) is 11.0 Å². The average Bonchev–Trinajstić information content (AvgIpc) is 3.25. The van der Waals surface area contributed by atoms with Gasteiger partial charge in [0.05, 0.1) is 17.3 Å². The van der Waals surface area contributed by atoms with Gasteiger partial charge in [-0.3, -0.25) is 4.79 Å². The van der Waals surface area contributed by atoms with Crippen LogP contribution in [0.2, 0.25) is 0 Å². The van der Waals surface area contributed by atoms with Gasteiger partial charge < -0.3 is 20.6 Å². The average molecular weight is 446 g/mol. The number of carbonyl (C=O) groups is 1. The lowest BCUT2D eigenvalue weighted by Gasteiger charge is -2.20. The number of benzene rings is 1. The van der Waals surface area contributed by atoms with Gasteiger partial charge in [0.2, 0.25) is 0 Å². The van der Waals surface area contributed by atoms with Crippen molar-refractivity contribution >= 4 is 45.8 Å². The summed E-state index contributed by atoms with van der Waals surface area (Å²) in [5.41, 5.74) is 1.26. The van der Waals surface area contributed by atoms with Gasteiger partial charge in [0.15, 0.2) is 17.4 Å². The number of amidine groups is 2. The minimum absolute atomic E-state index is 0.144. The van der Waals surface area contributed by atoms with E-state index in [-0.39, 0.29) is 40.6 Å². The highest BCUT2D eigenvalue weighted by Gasteiger charge is 2.26. The number of nitrogens with zero attached hydrogens (tertiary/aromatic N) is 3. The minimum atomic E-state index is -1.80. The summed E-state index contributed by atoms with van der Waals surface area (Å²) in [7, 11) is 3.20. The van der Waals surface area contributed by atoms with E-state index in [1.54, 1.807) is 37.6 Å². The molecule has 0 bridgehead atoms. The lowest BCUT2D eigenvalue weighted by molar-refractivity contribution is 0.0824. The topological polar surface area (TPSA) is 106 Å². The Morgan fingerprint density at radius 1 is 1.23 bits per heavy atom. The van der Waals surface area contributed by atoms with Crippen molar-refractivity contribution < 1.29 is 14.1 Å². The van der Waals surface area contributed by atoms with Crippen molar-refractivity contribution in [3.63, 3.8) is 0 Å². The van der Waals surface area contributed by atoms with Gasteiger partial charge in [-0.25, -0.2) is 4.21 Å². The second kappa shape index (κ2) is 8.80. The number of para-hydroxylation sites is 1. The van der Waals surface area contributed by atoms with Crippen LogP contribution in [0, 0.1) is 6.92 Å². The highest BCUT2D eigenvalue weighted by atomic mass is 32.2. The number of thiophene rings is 1. The summed E-state index contributed by atoms with van der Waals surface area (Å²) < 4.78 is 20.1. The maximum Gasteiger partial charge on any atom is 0.269 e. The molecule has 2 unspecified atom stereocenters. The zero-order chi connectivity index (χ0) is 22.0. The molecule has 1 aromatic heterocycles. The van der Waals surface area contributed by atoms with Crippen LogP contribution in [-0.2, 0) is 11.2 Å². The molecule has 3 N–H and O–H groups in total. The number of nitrogens with one attached hydrogen (secondary N) is 2. The molecule has 0 aliphatic carbocycles. The SMILES string of the molecule is C=C(C)C(NC1=NS(=O)N=C1Nc1cccc(C(=O)N(C)C)c1O)c1ccc(C)s1. The lowest BCUT2D eigenvalue weighted by atomic mass is 10.1. The van der Waals surface area contributed by atoms with E-state index in [2.05, 4.69) is 26.0 Å². The Bertz CT molecular complexity index is 1090. The van der Waals surface area contributed by atoms with E-state index in [0.29, 0.717) is 0 Å². The summed E-state index contributed by atoms with van der Waals surface area (Å²) in [4.78, 5) is 15.8. The van der Waals surface area contributed by atoms with Gasteiger partial charge in [0.1, 0.15) is 0 Å². The number of carbonyl (C=O) groups excluding carboxylic acids is 1. The van der Waals surface area contributed by atoms with Crippen LogP contribution in [0.1, 0.15) is 33.1 Å². The van der Waals surface area contributed by atoms with E-state index < -0.39 is 11.2 Å². The van der Waals surface area contributed by atoms with Crippen molar-refractivity contribution in [2.75, 3.05) is 19.4 Å². The molecule has 0 saturated heterocycles. The fraction of sp³-hybridized carbons (Fsp3) is 0.250. The van der Waals surface area contributed by atoms with Crippen molar-refractivity contribution in [1.82, 2.24) is 10.2 Å². The molecule has 2 atom stereocenters. The number of phenolic OH excluding ortho intramolecular Hbond substituents is 1. The Morgan fingerprint density at radius 2 is 1.93 bits per heavy atom. The molecule has 30 heavy (non-hydrogen) atoms. The third kappa shape index (κ3) is 4.60. The fourth-order valence-electron chi connectivity index (χ4n) is 2.81. The third-order valence-electron chi connectivity index (χ3n) is 4.31. The molecule has 1 aliphatic rings. The molecule has 1 aliphatic heterocycles. The smallest absolute Gasteiger partial charge is 0.269 e. The standard InChI is InChI=1S/C20H23N5O3S2/c1-11(2)16(15-10-9-12(3)29-15)22-19-18(23-30(28)24-19)21-14-8-6-7-13(17(14)26)20(27)25(4)5/h6-10,16,26H,1H2,2-5H3,(H,21,23)(H,22,24). The number of amides is 1. The predicted molar refractivity (Wildman–Crippen MR) is 123 cm³/mol. The zero-order valence-corrected chi connectivity index (χ0v) is 18.7. The maximum absolute atomic E-state index is 12.3. The Kier molecular flexibility index (Phi) is 6.37. The zero-order valence-electron chi connectivity index (χ0n) is 17.1. The van der Waals surface area contributed by atoms with Gasteiger partial charge in [-0.15, -0.1) is 20.1 Å². The number of rotatable bonds is 5. The van der Waals surface area contributed by atoms with Gasteiger partial charge in [0, 0.05) is 23.8 Å². The van der Waals surface area contributed by atoms with E-state index in [1.807, 2.05) is 26.0 Å². The molecular formula is C20H23N5O3S2. The number of hydrogen-bond acceptors (Lipinski definition) is 6. The molecule has 0 spiro atoms. The van der Waals surface area contributed by atoms with Gasteiger partial charge in [-0.2, -0.15) is 0 Å². The molecular weight excluding hydrogens is 422 g/mol. The molecule has 1 amide bonds. The van der Waals surface area contributed by atoms with Crippen molar-refractivity contribution in [1.29, 1.82) is 0 Å². The molecule has 0 fully saturated rings. The lowest BCUT2D eigenvalue weighted by Crippen LogP contribution is -2.36. The first-order valence-electron chi connectivity index (χ1n) is 9.06. The quantitative estimate of drug-likeness (QED) is 0.484. The molecule has 10 heteroatoms. The van der Waals surface area contributed by atoms with Crippen molar-refractivity contribution in [3.05, 3.63) is 57.8 Å². The van der Waals surface area contributed by atoms with Crippen molar-refractivity contribution in [3.8, 4) is 5.75 Å². The van der Waals surface area contributed by atoms with E-state index in [4.69, 9.17) is 0 Å². The molecule has 158 valence electrons. The second-order valence-electron chi connectivity index (χ2n) is 7.01. The predicted octanol–water partition coefficient (Wildman–Crippen LogP) is 3.17. The van der Waals surface area contributed by atoms with Crippen LogP contribution < -0.4 is 10.6 Å². The largest absolute Gasteiger partial charge is 0.505 e. The third-order valence-corrected chi connectivity index (χ3v) is 6.05. The number of aromatic hydroxyl groups is 1. The number of aryl methyl sites for hydroxylation is 1. The summed E-state index contributed by atoms with van der Waals surface area (Å²) in [5.74, 6) is -0.0643. The Morgan fingerprint density at radius 3 is 2.53 bits per heavy atom. The monoisotopic (exact) mass is 445 g/mol. The first kappa shape index (κ1) is 21.7. The van der Waals surface area contributed by atoms with Gasteiger partial charge >= 0.3 is 0 Å². The molecule has 0 radical (unpaired) electrons. The van der Waals surface area contributed by atoms with Crippen LogP contribution in [0.3, 0.4) is 0 Å². The van der Waals surface area contributed by atoms with E-state index >= 15 is 0 Å². The normalized spacial score (nSPS) is 16.5. The Labute approximate surface area is 181 Å². The summed E-state index contributed by atoms with van der Waals surface area (Å²) in [6.07, 6.45) is 0. The first-order chi connectivity index (χ1) is 14.2. The Hall–Kier alpha value is -2.98. The summed E-state index contributed by atoms with van der Waals surface area (Å²) >= 11 is -0.170. The maximum atomic E-state index is 12.3. The molecule has 1 aromatic carbocycles. The summed E-state index contributed by atoms with van der Waals surface area (Å²) in [6.45, 7) is 7.96. The van der Waals surface area contributed by atoms with Crippen LogP contribution in [-0.4, -0.2) is 45.9 Å². The summed E-state index contributed by atoms with van der Waals surface area (Å²) in [6, 6.07) is 8.55. The van der Waals surface area contributed by atoms with Gasteiger partial charge in [0.25, 0.3) is 17.1 Å². The number of anilines is 1. The van der Waals surface area contributed by atoms with Crippen LogP contribution in [0.25, 0.3) is 0 Å². The second-order valence-corrected chi connectivity index (χ2v) is 9.16.